The van der Waals surface area contributed by atoms with Gasteiger partial charge in [0.15, 0.2) is 0 Å². The Bertz CT molecular complexity index is 8090. The molecular weight excluding hydrogens is 1610 g/mol. The van der Waals surface area contributed by atoms with Crippen LogP contribution in [0.3, 0.4) is 0 Å². The molecule has 21 aromatic carbocycles. The summed E-state index contributed by atoms with van der Waals surface area (Å²) in [5.74, 6) is -0.252. The highest BCUT2D eigenvalue weighted by Gasteiger charge is 2.27. The van der Waals surface area contributed by atoms with Crippen LogP contribution in [-0.4, -0.2) is 9.13 Å². The fourth-order valence-corrected chi connectivity index (χ4v) is 19.0. The summed E-state index contributed by atoms with van der Waals surface area (Å²) in [6, 6.07) is 187. The number of rotatable bonds is 19. The van der Waals surface area contributed by atoms with Gasteiger partial charge in [0.1, 0.15) is 5.82 Å². The molecule has 0 saturated heterocycles. The fourth-order valence-electron chi connectivity index (χ4n) is 19.0. The van der Waals surface area contributed by atoms with E-state index in [1.165, 1.54) is 122 Å². The van der Waals surface area contributed by atoms with Crippen molar-refractivity contribution < 1.29 is 4.39 Å². The molecule has 2 heterocycles. The maximum Gasteiger partial charge on any atom is 0.123 e. The Kier molecular flexibility index (Phi) is 22.0. The van der Waals surface area contributed by atoms with Crippen LogP contribution in [0.25, 0.3) is 177 Å². The van der Waals surface area contributed by atoms with E-state index < -0.39 is 0 Å². The van der Waals surface area contributed by atoms with Gasteiger partial charge in [0.25, 0.3) is 0 Å². The summed E-state index contributed by atoms with van der Waals surface area (Å²) >= 11 is 0. The van der Waals surface area contributed by atoms with Crippen LogP contribution in [0.4, 0.5) is 38.5 Å². The maximum atomic E-state index is 13.7. The van der Waals surface area contributed by atoms with E-state index in [-0.39, 0.29) is 5.82 Å². The van der Waals surface area contributed by atoms with E-state index >= 15 is 0 Å². The van der Waals surface area contributed by atoms with Crippen molar-refractivity contribution in [2.75, 3.05) is 9.80 Å². The largest absolute Gasteiger partial charge is 0.311 e. The first kappa shape index (κ1) is 81.0. The lowest BCUT2D eigenvalue weighted by molar-refractivity contribution is 0.628. The Balaban J connectivity index is 0.000000155. The highest BCUT2D eigenvalue weighted by molar-refractivity contribution is 6.18. The van der Waals surface area contributed by atoms with Crippen molar-refractivity contribution in [1.82, 2.24) is 9.13 Å². The maximum absolute atomic E-state index is 13.7. The van der Waals surface area contributed by atoms with Gasteiger partial charge in [-0.2, -0.15) is 5.26 Å². The van der Waals surface area contributed by atoms with E-state index in [9.17, 15) is 9.65 Å². The van der Waals surface area contributed by atoms with E-state index in [0.717, 1.165) is 101 Å². The van der Waals surface area contributed by atoms with E-state index in [4.69, 9.17) is 0 Å². The topological polar surface area (TPSA) is 40.1 Å². The van der Waals surface area contributed by atoms with E-state index in [1.807, 2.05) is 36.4 Å². The van der Waals surface area contributed by atoms with Gasteiger partial charge in [0.05, 0.1) is 34.1 Å². The molecule has 0 atom stereocenters. The van der Waals surface area contributed by atoms with Crippen LogP contribution in [0.1, 0.15) is 5.56 Å². The fraction of sp³-hybridized carbons (Fsp3) is 0. The van der Waals surface area contributed by atoms with Gasteiger partial charge in [-0.1, -0.05) is 400 Å². The van der Waals surface area contributed by atoms with Crippen molar-refractivity contribution in [1.29, 1.82) is 5.26 Å². The molecule has 0 aliphatic rings. The quantitative estimate of drug-likeness (QED) is 0.0810. The Hall–Kier alpha value is -17.8. The molecule has 0 radical (unpaired) electrons. The first-order chi connectivity index (χ1) is 65.8. The molecule has 0 saturated carbocycles. The molecular formula is C127H86FN5. The number of benzene rings is 21. The highest BCUT2D eigenvalue weighted by atomic mass is 19.1. The number of hydrogen-bond acceptors (Lipinski definition) is 3. The predicted molar refractivity (Wildman–Crippen MR) is 555 cm³/mol. The van der Waals surface area contributed by atoms with Gasteiger partial charge >= 0.3 is 0 Å². The molecule has 0 bridgehead atoms. The van der Waals surface area contributed by atoms with Crippen molar-refractivity contribution in [2.24, 2.45) is 0 Å². The molecule has 5 nitrogen and oxygen atoms in total. The number of hydrogen-bond donors (Lipinski definition) is 0. The number of halogens is 1. The lowest BCUT2D eigenvalue weighted by Gasteiger charge is -2.26. The monoisotopic (exact) mass is 1700 g/mol. The summed E-state index contributed by atoms with van der Waals surface area (Å²) in [4.78, 5) is 4.60. The van der Waals surface area contributed by atoms with Gasteiger partial charge in [-0.25, -0.2) is 4.39 Å². The van der Waals surface area contributed by atoms with Crippen molar-refractivity contribution in [3.05, 3.63) is 533 Å². The zero-order chi connectivity index (χ0) is 88.9. The van der Waals surface area contributed by atoms with Crippen molar-refractivity contribution >= 4 is 77.5 Å². The number of nitrogens with zero attached hydrogens (tertiary/aromatic N) is 5. The molecule has 23 aromatic rings. The standard InChI is InChI=1S/C66H46N2.C61H40FN3/c1-5-15-47(16-6-1)49-25-27-50(28-26-49)52-31-40-59(41-32-52)67(58-38-29-51(30-39-58)48-17-7-2-8-18-48)60-42-33-53(34-43-60)54-35-44-61(45-36-54)68-65(57-22-11-4-12-23-57)64(56-20-9-3-10-21-56)63-46-37-55-19-13-14-24-62(55)66(63)68;62-52-30-19-44(20-31-52)46-23-34-54(35-24-46)64(53-32-21-45(22-33-53)43-17-15-42(41-63)16-18-43)55-36-25-47(26-37-55)48-27-38-56(39-28-48)65-60(51-12-5-2-6-13-51)59(50-10-3-1-4-11-50)58-40-29-49-9-7-8-14-57(49)61(58)65/h1-46H;1-40H. The molecule has 2 aromatic heterocycles. The van der Waals surface area contributed by atoms with Crippen LogP contribution >= 0.6 is 0 Å². The zero-order valence-electron chi connectivity index (χ0n) is 72.8. The van der Waals surface area contributed by atoms with Gasteiger partial charge < -0.3 is 18.9 Å². The highest BCUT2D eigenvalue weighted by Crippen LogP contribution is 2.49. The van der Waals surface area contributed by atoms with E-state index in [2.05, 4.69) is 498 Å². The molecule has 0 amide bonds. The van der Waals surface area contributed by atoms with Gasteiger partial charge in [-0.05, 0) is 232 Å². The van der Waals surface area contributed by atoms with Crippen molar-refractivity contribution in [3.8, 4) is 140 Å². The molecule has 133 heavy (non-hydrogen) atoms. The minimum Gasteiger partial charge on any atom is -0.311 e. The minimum absolute atomic E-state index is 0.252. The average molecular weight is 1700 g/mol. The summed E-state index contributed by atoms with van der Waals surface area (Å²) in [6.07, 6.45) is 0. The van der Waals surface area contributed by atoms with Gasteiger partial charge in [0, 0.05) is 78.2 Å². The number of nitriles is 1. The molecule has 0 fully saturated rings. The van der Waals surface area contributed by atoms with Crippen LogP contribution in [0.2, 0.25) is 0 Å². The number of aromatic nitrogens is 2. The second-order valence-electron chi connectivity index (χ2n) is 33.5. The van der Waals surface area contributed by atoms with E-state index in [1.54, 1.807) is 0 Å². The molecule has 626 valence electrons. The van der Waals surface area contributed by atoms with Crippen molar-refractivity contribution in [3.63, 3.8) is 0 Å². The second kappa shape index (κ2) is 36.2. The van der Waals surface area contributed by atoms with Gasteiger partial charge in [-0.3, -0.25) is 0 Å². The Morgan fingerprint density at radius 3 is 0.662 bits per heavy atom. The summed E-state index contributed by atoms with van der Waals surface area (Å²) in [5.41, 5.74) is 36.9. The van der Waals surface area contributed by atoms with Crippen molar-refractivity contribution in [2.45, 2.75) is 0 Å². The number of fused-ring (bicyclic) bond motifs is 6. The van der Waals surface area contributed by atoms with Gasteiger partial charge in [-0.15, -0.1) is 0 Å². The first-order valence-corrected chi connectivity index (χ1v) is 45.1. The number of anilines is 6. The van der Waals surface area contributed by atoms with Gasteiger partial charge in [0.2, 0.25) is 0 Å². The first-order valence-electron chi connectivity index (χ1n) is 45.1. The third-order valence-corrected chi connectivity index (χ3v) is 25.6. The van der Waals surface area contributed by atoms with Crippen LogP contribution in [0.15, 0.2) is 522 Å². The Labute approximate surface area is 773 Å². The third-order valence-electron chi connectivity index (χ3n) is 25.6. The Morgan fingerprint density at radius 2 is 0.391 bits per heavy atom. The average Bonchev–Trinajstić information content (AvgIpc) is 1.57. The van der Waals surface area contributed by atoms with E-state index in [0.29, 0.717) is 5.56 Å². The lowest BCUT2D eigenvalue weighted by atomic mass is 9.97. The second-order valence-corrected chi connectivity index (χ2v) is 33.5. The molecule has 0 aliphatic heterocycles. The molecule has 0 N–H and O–H groups in total. The molecule has 23 rings (SSSR count). The summed E-state index contributed by atoms with van der Waals surface area (Å²) in [7, 11) is 0. The minimum atomic E-state index is -0.252. The zero-order valence-corrected chi connectivity index (χ0v) is 72.8. The summed E-state index contributed by atoms with van der Waals surface area (Å²) in [5, 5.41) is 16.6. The normalized spacial score (nSPS) is 11.2. The summed E-state index contributed by atoms with van der Waals surface area (Å²) in [6.45, 7) is 0. The van der Waals surface area contributed by atoms with Crippen LogP contribution < -0.4 is 9.80 Å². The smallest absolute Gasteiger partial charge is 0.123 e. The van der Waals surface area contributed by atoms with Crippen LogP contribution in [-0.2, 0) is 0 Å². The third kappa shape index (κ3) is 16.2. The summed E-state index contributed by atoms with van der Waals surface area (Å²) < 4.78 is 18.7. The van der Waals surface area contributed by atoms with Crippen LogP contribution in [0.5, 0.6) is 0 Å². The molecule has 6 heteroatoms. The lowest BCUT2D eigenvalue weighted by Crippen LogP contribution is -2.09. The molecule has 0 spiro atoms. The Morgan fingerprint density at radius 1 is 0.180 bits per heavy atom. The predicted octanol–water partition coefficient (Wildman–Crippen LogP) is 34.9. The molecule has 0 unspecified atom stereocenters. The SMILES string of the molecule is N#Cc1ccc(-c2ccc(N(c3ccc(-c4ccc(F)cc4)cc3)c3ccc(-c4ccc(-n5c(-c6ccccc6)c(-c6ccccc6)c6ccc7ccccc7c65)cc4)cc3)cc2)cc1.c1ccc(-c2ccc(-c3ccc(N(c4ccc(-c5ccccc5)cc4)c4ccc(-c5ccc(-n6c(-c7ccccc7)c(-c7ccccc7)c7ccc8ccccc8c76)cc5)cc4)cc3)cc2)cc1. The van der Waals surface area contributed by atoms with Crippen LogP contribution in [0, 0.1) is 17.1 Å². The molecule has 0 aliphatic carbocycles.